The second kappa shape index (κ2) is 7.44. The van der Waals surface area contributed by atoms with Crippen molar-refractivity contribution in [3.63, 3.8) is 0 Å². The van der Waals surface area contributed by atoms with Gasteiger partial charge in [-0.1, -0.05) is 49.4 Å². The number of ether oxygens (including phenoxy) is 1. The normalized spacial score (nSPS) is 24.4. The Morgan fingerprint density at radius 1 is 1.07 bits per heavy atom. The second-order valence-electron chi connectivity index (χ2n) is 6.82. The number of hydrogen-bond donors (Lipinski definition) is 1. The lowest BCUT2D eigenvalue weighted by molar-refractivity contribution is -0.149. The van der Waals surface area contributed by atoms with Crippen LogP contribution < -0.4 is 5.73 Å². The minimum Gasteiger partial charge on any atom is -0.465 e. The Labute approximate surface area is 160 Å². The number of rotatable bonds is 7. The molecule has 3 atom stereocenters. The Morgan fingerprint density at radius 2 is 1.70 bits per heavy atom. The number of esters is 1. The van der Waals surface area contributed by atoms with E-state index in [4.69, 9.17) is 10.5 Å². The van der Waals surface area contributed by atoms with E-state index in [-0.39, 0.29) is 18.0 Å². The fourth-order valence-corrected chi connectivity index (χ4v) is 6.29. The zero-order chi connectivity index (χ0) is 19.7. The van der Waals surface area contributed by atoms with Gasteiger partial charge in [0, 0.05) is 12.5 Å². The summed E-state index contributed by atoms with van der Waals surface area (Å²) in [5, 5.41) is -0.927. The predicted octanol–water partition coefficient (Wildman–Crippen LogP) is 2.70. The largest absolute Gasteiger partial charge is 0.465 e. The quantitative estimate of drug-likeness (QED) is 0.738. The maximum absolute atomic E-state index is 13.3. The van der Waals surface area contributed by atoms with E-state index in [0.717, 1.165) is 17.5 Å². The smallest absolute Gasteiger partial charge is 0.315 e. The van der Waals surface area contributed by atoms with E-state index in [1.807, 2.05) is 24.3 Å². The summed E-state index contributed by atoms with van der Waals surface area (Å²) >= 11 is 0. The molecule has 27 heavy (non-hydrogen) atoms. The number of aryl methyl sites for hydroxylation is 1. The Morgan fingerprint density at radius 3 is 2.22 bits per heavy atom. The molecule has 2 aromatic rings. The van der Waals surface area contributed by atoms with Gasteiger partial charge in [0.1, 0.15) is 5.41 Å². The van der Waals surface area contributed by atoms with Crippen molar-refractivity contribution in [2.75, 3.05) is 13.2 Å². The van der Waals surface area contributed by atoms with E-state index in [2.05, 4.69) is 6.92 Å². The predicted molar refractivity (Wildman–Crippen MR) is 104 cm³/mol. The Bertz CT molecular complexity index is 909. The highest BCUT2D eigenvalue weighted by molar-refractivity contribution is 7.92. The van der Waals surface area contributed by atoms with Gasteiger partial charge in [-0.3, -0.25) is 4.79 Å². The molecular weight excluding hydrogens is 362 g/mol. The molecule has 1 fully saturated rings. The lowest BCUT2D eigenvalue weighted by Crippen LogP contribution is -2.33. The molecule has 0 radical (unpaired) electrons. The zero-order valence-corrected chi connectivity index (χ0v) is 16.4. The first-order chi connectivity index (χ1) is 12.9. The van der Waals surface area contributed by atoms with Crippen LogP contribution in [0.15, 0.2) is 59.5 Å². The summed E-state index contributed by atoms with van der Waals surface area (Å²) in [6.07, 6.45) is 0.886. The van der Waals surface area contributed by atoms with Crippen molar-refractivity contribution in [2.24, 2.45) is 11.1 Å². The molecule has 0 saturated heterocycles. The van der Waals surface area contributed by atoms with Gasteiger partial charge in [-0.25, -0.2) is 8.42 Å². The van der Waals surface area contributed by atoms with E-state index >= 15 is 0 Å². The van der Waals surface area contributed by atoms with Crippen LogP contribution in [-0.4, -0.2) is 32.8 Å². The lowest BCUT2D eigenvalue weighted by atomic mass is 9.98. The number of nitrogens with two attached hydrogens (primary N) is 1. The van der Waals surface area contributed by atoms with Crippen molar-refractivity contribution in [3.05, 3.63) is 65.7 Å². The highest BCUT2D eigenvalue weighted by Gasteiger charge is 2.75. The molecule has 0 amide bonds. The summed E-state index contributed by atoms with van der Waals surface area (Å²) in [7, 11) is -3.74. The first-order valence-corrected chi connectivity index (χ1v) is 10.7. The van der Waals surface area contributed by atoms with Crippen molar-refractivity contribution in [1.82, 2.24) is 0 Å². The third kappa shape index (κ3) is 3.17. The summed E-state index contributed by atoms with van der Waals surface area (Å²) in [4.78, 5) is 13.0. The fraction of sp³-hybridized carbons (Fsp3) is 0.381. The summed E-state index contributed by atoms with van der Waals surface area (Å²) in [5.41, 5.74) is 6.68. The molecule has 0 spiro atoms. The molecule has 1 aliphatic carbocycles. The summed E-state index contributed by atoms with van der Waals surface area (Å²) in [5.74, 6) is -1.06. The Balaban J connectivity index is 2.09. The van der Waals surface area contributed by atoms with E-state index in [0.29, 0.717) is 0 Å². The van der Waals surface area contributed by atoms with Gasteiger partial charge in [-0.15, -0.1) is 0 Å². The van der Waals surface area contributed by atoms with Gasteiger partial charge in [-0.05, 0) is 36.6 Å². The maximum atomic E-state index is 13.3. The molecule has 0 heterocycles. The van der Waals surface area contributed by atoms with Gasteiger partial charge in [0.05, 0.1) is 16.8 Å². The second-order valence-corrected chi connectivity index (χ2v) is 8.89. The van der Waals surface area contributed by atoms with E-state index in [1.54, 1.807) is 37.3 Å². The third-order valence-electron chi connectivity index (χ3n) is 5.40. The molecule has 3 rings (SSSR count). The average molecular weight is 388 g/mol. The third-order valence-corrected chi connectivity index (χ3v) is 7.69. The van der Waals surface area contributed by atoms with E-state index in [9.17, 15) is 13.2 Å². The van der Waals surface area contributed by atoms with Crippen LogP contribution in [0.2, 0.25) is 0 Å². The summed E-state index contributed by atoms with van der Waals surface area (Å²) < 4.78 is 31.9. The zero-order valence-electron chi connectivity index (χ0n) is 15.6. The molecular formula is C21H25NO4S. The molecule has 0 bridgehead atoms. The van der Waals surface area contributed by atoms with Crippen molar-refractivity contribution in [1.29, 1.82) is 0 Å². The Hall–Kier alpha value is -2.18. The topological polar surface area (TPSA) is 86.5 Å². The molecule has 6 heteroatoms. The van der Waals surface area contributed by atoms with Crippen LogP contribution in [0.4, 0.5) is 0 Å². The summed E-state index contributed by atoms with van der Waals surface area (Å²) in [6.45, 7) is 3.86. The number of sulfone groups is 1. The number of carbonyl (C=O) groups is 1. The van der Waals surface area contributed by atoms with Crippen molar-refractivity contribution in [3.8, 4) is 0 Å². The highest BCUT2D eigenvalue weighted by atomic mass is 32.2. The van der Waals surface area contributed by atoms with E-state index in [1.165, 1.54) is 0 Å². The monoisotopic (exact) mass is 387 g/mol. The molecule has 5 nitrogen and oxygen atoms in total. The van der Waals surface area contributed by atoms with Gasteiger partial charge in [0.15, 0.2) is 9.84 Å². The first kappa shape index (κ1) is 19.6. The molecule has 0 aliphatic heterocycles. The highest BCUT2D eigenvalue weighted by Crippen LogP contribution is 2.64. The van der Waals surface area contributed by atoms with Crippen LogP contribution in [0.5, 0.6) is 0 Å². The van der Waals surface area contributed by atoms with Crippen molar-refractivity contribution < 1.29 is 17.9 Å². The molecule has 1 saturated carbocycles. The van der Waals surface area contributed by atoms with Crippen LogP contribution in [0.1, 0.15) is 30.9 Å². The average Bonchev–Trinajstić information content (AvgIpc) is 3.40. The maximum Gasteiger partial charge on any atom is 0.315 e. The van der Waals surface area contributed by atoms with Gasteiger partial charge in [0.2, 0.25) is 0 Å². The minimum atomic E-state index is -3.74. The molecule has 2 aromatic carbocycles. The summed E-state index contributed by atoms with van der Waals surface area (Å²) in [6, 6.07) is 15.9. The van der Waals surface area contributed by atoms with Crippen LogP contribution in [0.3, 0.4) is 0 Å². The van der Waals surface area contributed by atoms with Crippen LogP contribution >= 0.6 is 0 Å². The lowest BCUT2D eigenvalue weighted by Gasteiger charge is -2.14. The standard InChI is InChI=1S/C21H25NO4S/c1-3-15-10-12-16(13-11-15)18-19(21(18,14-22)20(23)26-4-2)27(24,25)17-8-6-5-7-9-17/h5-13,18-19H,3-4,14,22H2,1-2H3/t18-,19+,21+/m0/s1. The first-order valence-electron chi connectivity index (χ1n) is 9.18. The molecule has 2 N–H and O–H groups in total. The molecule has 0 aromatic heterocycles. The number of benzene rings is 2. The fourth-order valence-electron chi connectivity index (χ4n) is 3.89. The van der Waals surface area contributed by atoms with Crippen LogP contribution in [-0.2, 0) is 25.8 Å². The molecule has 1 aliphatic rings. The molecule has 0 unspecified atom stereocenters. The van der Waals surface area contributed by atoms with Crippen molar-refractivity contribution >= 4 is 15.8 Å². The Kier molecular flexibility index (Phi) is 5.40. The van der Waals surface area contributed by atoms with Crippen LogP contribution in [0.25, 0.3) is 0 Å². The van der Waals surface area contributed by atoms with Gasteiger partial charge in [-0.2, -0.15) is 0 Å². The molecule has 144 valence electrons. The number of carbonyl (C=O) groups excluding carboxylic acids is 1. The van der Waals surface area contributed by atoms with Gasteiger partial charge >= 0.3 is 5.97 Å². The number of hydrogen-bond acceptors (Lipinski definition) is 5. The minimum absolute atomic E-state index is 0.0806. The van der Waals surface area contributed by atoms with Crippen molar-refractivity contribution in [2.45, 2.75) is 36.3 Å². The SMILES string of the molecule is CCOC(=O)[C@@]1(CN)[C@H](S(=O)(=O)c2ccccc2)[C@@H]1c1ccc(CC)cc1. The van der Waals surface area contributed by atoms with Gasteiger partial charge < -0.3 is 10.5 Å². The van der Waals surface area contributed by atoms with E-state index < -0.39 is 32.4 Å². The van der Waals surface area contributed by atoms with Crippen LogP contribution in [0, 0.1) is 5.41 Å². The van der Waals surface area contributed by atoms with Gasteiger partial charge in [0.25, 0.3) is 0 Å².